The van der Waals surface area contributed by atoms with Crippen molar-refractivity contribution in [3.63, 3.8) is 0 Å². The van der Waals surface area contributed by atoms with E-state index in [0.717, 1.165) is 19.6 Å². The van der Waals surface area contributed by atoms with Gasteiger partial charge in [0.15, 0.2) is 0 Å². The first-order valence-corrected chi connectivity index (χ1v) is 7.49. The van der Waals surface area contributed by atoms with E-state index in [0.29, 0.717) is 5.41 Å². The third kappa shape index (κ3) is 5.23. The SMILES string of the molecule is CCCC(C)(CNCC)CN(C)c1cccc(C)c1. The summed E-state index contributed by atoms with van der Waals surface area (Å²) in [6.07, 6.45) is 2.50. The predicted octanol–water partition coefficient (Wildman–Crippen LogP) is 3.85. The summed E-state index contributed by atoms with van der Waals surface area (Å²) in [5, 5.41) is 3.52. The van der Waals surface area contributed by atoms with Crippen LogP contribution in [-0.2, 0) is 0 Å². The molecule has 0 aliphatic heterocycles. The summed E-state index contributed by atoms with van der Waals surface area (Å²) in [6.45, 7) is 12.2. The lowest BCUT2D eigenvalue weighted by molar-refractivity contribution is 0.286. The molecule has 0 aliphatic carbocycles. The van der Waals surface area contributed by atoms with E-state index < -0.39 is 0 Å². The van der Waals surface area contributed by atoms with Gasteiger partial charge >= 0.3 is 0 Å². The van der Waals surface area contributed by atoms with E-state index in [4.69, 9.17) is 0 Å². The van der Waals surface area contributed by atoms with E-state index in [-0.39, 0.29) is 0 Å². The maximum Gasteiger partial charge on any atom is 0.0366 e. The first-order chi connectivity index (χ1) is 9.00. The van der Waals surface area contributed by atoms with Gasteiger partial charge in [-0.1, -0.05) is 39.3 Å². The molecule has 1 rings (SSSR count). The number of anilines is 1. The third-order valence-electron chi connectivity index (χ3n) is 3.72. The van der Waals surface area contributed by atoms with Gasteiger partial charge in [-0.05, 0) is 43.0 Å². The van der Waals surface area contributed by atoms with Crippen molar-refractivity contribution in [3.05, 3.63) is 29.8 Å². The quantitative estimate of drug-likeness (QED) is 0.765. The van der Waals surface area contributed by atoms with E-state index >= 15 is 0 Å². The highest BCUT2D eigenvalue weighted by atomic mass is 15.1. The van der Waals surface area contributed by atoms with Gasteiger partial charge in [-0.15, -0.1) is 0 Å². The number of hydrogen-bond donors (Lipinski definition) is 1. The Morgan fingerprint density at radius 1 is 1.26 bits per heavy atom. The van der Waals surface area contributed by atoms with Crippen LogP contribution in [0.3, 0.4) is 0 Å². The van der Waals surface area contributed by atoms with Crippen molar-refractivity contribution in [1.29, 1.82) is 0 Å². The average Bonchev–Trinajstić information content (AvgIpc) is 2.36. The van der Waals surface area contributed by atoms with Crippen molar-refractivity contribution in [1.82, 2.24) is 5.32 Å². The molecule has 0 radical (unpaired) electrons. The van der Waals surface area contributed by atoms with E-state index in [2.05, 4.69) is 69.2 Å². The molecule has 1 atom stereocenters. The Morgan fingerprint density at radius 2 is 2.00 bits per heavy atom. The molecule has 0 bridgehead atoms. The number of hydrogen-bond acceptors (Lipinski definition) is 2. The molecule has 1 N–H and O–H groups in total. The lowest BCUT2D eigenvalue weighted by atomic mass is 9.84. The zero-order valence-corrected chi connectivity index (χ0v) is 13.3. The maximum absolute atomic E-state index is 3.52. The molecule has 0 heterocycles. The molecular weight excluding hydrogens is 232 g/mol. The van der Waals surface area contributed by atoms with Crippen molar-refractivity contribution in [2.75, 3.05) is 31.6 Å². The number of aryl methyl sites for hydroxylation is 1. The molecule has 0 fully saturated rings. The predicted molar refractivity (Wildman–Crippen MR) is 86.0 cm³/mol. The summed E-state index contributed by atoms with van der Waals surface area (Å²) in [5.41, 5.74) is 2.98. The Bertz CT molecular complexity index is 375. The average molecular weight is 262 g/mol. The second-order valence-corrected chi connectivity index (χ2v) is 6.04. The van der Waals surface area contributed by atoms with E-state index in [9.17, 15) is 0 Å². The summed E-state index contributed by atoms with van der Waals surface area (Å²) in [5.74, 6) is 0. The van der Waals surface area contributed by atoms with Gasteiger partial charge < -0.3 is 10.2 Å². The summed E-state index contributed by atoms with van der Waals surface area (Å²) >= 11 is 0. The first kappa shape index (κ1) is 16.0. The van der Waals surface area contributed by atoms with Crippen LogP contribution in [0, 0.1) is 12.3 Å². The van der Waals surface area contributed by atoms with Crippen molar-refractivity contribution >= 4 is 5.69 Å². The Morgan fingerprint density at radius 3 is 2.58 bits per heavy atom. The maximum atomic E-state index is 3.52. The molecule has 0 saturated carbocycles. The molecule has 0 aromatic heterocycles. The molecule has 1 aromatic rings. The van der Waals surface area contributed by atoms with Crippen LogP contribution in [0.25, 0.3) is 0 Å². The van der Waals surface area contributed by atoms with Crippen LogP contribution in [0.5, 0.6) is 0 Å². The highest BCUT2D eigenvalue weighted by Crippen LogP contribution is 2.26. The zero-order valence-electron chi connectivity index (χ0n) is 13.3. The van der Waals surface area contributed by atoms with Crippen molar-refractivity contribution < 1.29 is 0 Å². The highest BCUT2D eigenvalue weighted by molar-refractivity contribution is 5.47. The van der Waals surface area contributed by atoms with Crippen LogP contribution in [-0.4, -0.2) is 26.7 Å². The molecule has 0 amide bonds. The van der Waals surface area contributed by atoms with Crippen molar-refractivity contribution in [2.24, 2.45) is 5.41 Å². The van der Waals surface area contributed by atoms with Gasteiger partial charge in [0.1, 0.15) is 0 Å². The number of nitrogens with one attached hydrogen (secondary N) is 1. The first-order valence-electron chi connectivity index (χ1n) is 7.49. The van der Waals surface area contributed by atoms with Gasteiger partial charge in [0, 0.05) is 25.8 Å². The fraction of sp³-hybridized carbons (Fsp3) is 0.647. The molecule has 108 valence electrons. The molecule has 0 aliphatic rings. The van der Waals surface area contributed by atoms with Crippen LogP contribution >= 0.6 is 0 Å². The monoisotopic (exact) mass is 262 g/mol. The molecule has 0 spiro atoms. The van der Waals surface area contributed by atoms with Gasteiger partial charge in [0.25, 0.3) is 0 Å². The summed E-state index contributed by atoms with van der Waals surface area (Å²) < 4.78 is 0. The van der Waals surface area contributed by atoms with Crippen molar-refractivity contribution in [2.45, 2.75) is 40.5 Å². The normalized spacial score (nSPS) is 14.2. The van der Waals surface area contributed by atoms with E-state index in [1.807, 2.05) is 0 Å². The molecule has 19 heavy (non-hydrogen) atoms. The topological polar surface area (TPSA) is 15.3 Å². The van der Waals surface area contributed by atoms with Gasteiger partial charge in [-0.3, -0.25) is 0 Å². The Hall–Kier alpha value is -1.02. The zero-order chi connectivity index (χ0) is 14.3. The van der Waals surface area contributed by atoms with E-state index in [1.54, 1.807) is 0 Å². The minimum Gasteiger partial charge on any atom is -0.374 e. The molecule has 1 aromatic carbocycles. The minimum atomic E-state index is 0.337. The minimum absolute atomic E-state index is 0.337. The summed E-state index contributed by atoms with van der Waals surface area (Å²) in [7, 11) is 2.20. The molecule has 2 heteroatoms. The Kier molecular flexibility index (Phi) is 6.36. The van der Waals surface area contributed by atoms with Crippen LogP contribution in [0.15, 0.2) is 24.3 Å². The molecule has 1 unspecified atom stereocenters. The van der Waals surface area contributed by atoms with Gasteiger partial charge in [-0.2, -0.15) is 0 Å². The third-order valence-corrected chi connectivity index (χ3v) is 3.72. The van der Waals surface area contributed by atoms with Crippen LogP contribution in [0.4, 0.5) is 5.69 Å². The molecular formula is C17H30N2. The summed E-state index contributed by atoms with van der Waals surface area (Å²) in [4.78, 5) is 2.39. The fourth-order valence-corrected chi connectivity index (χ4v) is 2.78. The second-order valence-electron chi connectivity index (χ2n) is 6.04. The number of rotatable bonds is 8. The van der Waals surface area contributed by atoms with Crippen LogP contribution in [0.2, 0.25) is 0 Å². The highest BCUT2D eigenvalue weighted by Gasteiger charge is 2.24. The van der Waals surface area contributed by atoms with Gasteiger partial charge in [-0.25, -0.2) is 0 Å². The lowest BCUT2D eigenvalue weighted by Crippen LogP contribution is -2.41. The van der Waals surface area contributed by atoms with Crippen molar-refractivity contribution in [3.8, 4) is 0 Å². The summed E-state index contributed by atoms with van der Waals surface area (Å²) in [6, 6.07) is 8.76. The fourth-order valence-electron chi connectivity index (χ4n) is 2.78. The van der Waals surface area contributed by atoms with Crippen LogP contribution < -0.4 is 10.2 Å². The molecule has 2 nitrogen and oxygen atoms in total. The standard InChI is InChI=1S/C17H30N2/c1-6-11-17(4,13-18-7-2)14-19(5)16-10-8-9-15(3)12-16/h8-10,12,18H,6-7,11,13-14H2,1-5H3. The smallest absolute Gasteiger partial charge is 0.0366 e. The van der Waals surface area contributed by atoms with Gasteiger partial charge in [0.2, 0.25) is 0 Å². The number of nitrogens with zero attached hydrogens (tertiary/aromatic N) is 1. The largest absolute Gasteiger partial charge is 0.374 e. The Labute approximate surface area is 119 Å². The van der Waals surface area contributed by atoms with Crippen LogP contribution in [0.1, 0.15) is 39.2 Å². The lowest BCUT2D eigenvalue weighted by Gasteiger charge is -2.35. The van der Waals surface area contributed by atoms with E-state index in [1.165, 1.54) is 24.1 Å². The Balaban J connectivity index is 2.72. The second kappa shape index (κ2) is 7.54. The van der Waals surface area contributed by atoms with Gasteiger partial charge in [0.05, 0.1) is 0 Å². The number of benzene rings is 1. The molecule has 0 saturated heterocycles.